The van der Waals surface area contributed by atoms with Crippen LogP contribution in [0.3, 0.4) is 0 Å². The van der Waals surface area contributed by atoms with E-state index in [2.05, 4.69) is 17.1 Å². The number of ether oxygens (including phenoxy) is 1. The molecule has 1 aromatic rings. The molecule has 0 aliphatic carbocycles. The lowest BCUT2D eigenvalue weighted by molar-refractivity contribution is 0.109. The smallest absolute Gasteiger partial charge is 0.227 e. The Hall–Kier alpha value is -1.36. The van der Waals surface area contributed by atoms with Crippen LogP contribution in [0.4, 0.5) is 11.8 Å². The van der Waals surface area contributed by atoms with Crippen LogP contribution in [0.1, 0.15) is 37.4 Å². The summed E-state index contributed by atoms with van der Waals surface area (Å²) >= 11 is 0. The van der Waals surface area contributed by atoms with Gasteiger partial charge in [0.1, 0.15) is 5.82 Å². The molecule has 0 amide bonds. The Morgan fingerprint density at radius 3 is 2.84 bits per heavy atom. The van der Waals surface area contributed by atoms with Crippen LogP contribution in [0.5, 0.6) is 0 Å². The highest BCUT2D eigenvalue weighted by atomic mass is 16.5. The van der Waals surface area contributed by atoms with Crippen LogP contribution in [0, 0.1) is 0 Å². The summed E-state index contributed by atoms with van der Waals surface area (Å²) in [5.74, 6) is 1.86. The molecule has 0 spiro atoms. The Bertz CT molecular complexity index is 443. The second-order valence-corrected chi connectivity index (χ2v) is 5.18. The zero-order valence-electron chi connectivity index (χ0n) is 11.6. The number of hydrogen-bond donors (Lipinski definition) is 1. The van der Waals surface area contributed by atoms with E-state index in [0.717, 1.165) is 55.7 Å². The lowest BCUT2D eigenvalue weighted by atomic mass is 10.1. The van der Waals surface area contributed by atoms with Gasteiger partial charge in [-0.3, -0.25) is 0 Å². The molecule has 0 atom stereocenters. The van der Waals surface area contributed by atoms with Crippen molar-refractivity contribution in [3.8, 4) is 0 Å². The quantitative estimate of drug-likeness (QED) is 0.902. The first-order valence-electron chi connectivity index (χ1n) is 7.35. The van der Waals surface area contributed by atoms with Gasteiger partial charge < -0.3 is 15.0 Å². The van der Waals surface area contributed by atoms with Crippen molar-refractivity contribution in [3.05, 3.63) is 11.3 Å². The van der Waals surface area contributed by atoms with Gasteiger partial charge >= 0.3 is 0 Å². The van der Waals surface area contributed by atoms with Gasteiger partial charge in [-0.15, -0.1) is 0 Å². The van der Waals surface area contributed by atoms with Crippen molar-refractivity contribution in [2.45, 2.75) is 39.2 Å². The van der Waals surface area contributed by atoms with Gasteiger partial charge in [-0.05, 0) is 26.2 Å². The van der Waals surface area contributed by atoms with Gasteiger partial charge in [0.05, 0.1) is 18.9 Å². The lowest BCUT2D eigenvalue weighted by Crippen LogP contribution is -2.32. The molecular formula is C14H22N4O. The zero-order valence-corrected chi connectivity index (χ0v) is 11.6. The van der Waals surface area contributed by atoms with Gasteiger partial charge in [-0.1, -0.05) is 0 Å². The fraction of sp³-hybridized carbons (Fsp3) is 0.714. The monoisotopic (exact) mass is 262 g/mol. The largest absolute Gasteiger partial charge is 0.376 e. The Morgan fingerprint density at radius 1 is 1.21 bits per heavy atom. The van der Waals surface area contributed by atoms with Gasteiger partial charge in [0.2, 0.25) is 5.95 Å². The van der Waals surface area contributed by atoms with Crippen LogP contribution in [0.2, 0.25) is 0 Å². The highest BCUT2D eigenvalue weighted by molar-refractivity contribution is 5.51. The summed E-state index contributed by atoms with van der Waals surface area (Å²) in [5.41, 5.74) is 2.31. The standard InChI is InChI=1S/C14H22N4O/c1-2-15-13-11-10-19-9-6-12(11)16-14(17-13)18-7-4-3-5-8-18/h2-10H2,1H3,(H,15,16,17). The van der Waals surface area contributed by atoms with Gasteiger partial charge in [0.15, 0.2) is 0 Å². The van der Waals surface area contributed by atoms with Crippen LogP contribution in [-0.4, -0.2) is 36.2 Å². The minimum atomic E-state index is 0.637. The number of nitrogens with one attached hydrogen (secondary N) is 1. The van der Waals surface area contributed by atoms with E-state index in [1.54, 1.807) is 0 Å². The summed E-state index contributed by atoms with van der Waals surface area (Å²) in [6, 6.07) is 0. The molecule has 2 aliphatic heterocycles. The molecule has 5 heteroatoms. The summed E-state index contributed by atoms with van der Waals surface area (Å²) in [4.78, 5) is 11.8. The van der Waals surface area contributed by atoms with Crippen molar-refractivity contribution >= 4 is 11.8 Å². The van der Waals surface area contributed by atoms with Gasteiger partial charge in [0, 0.05) is 31.6 Å². The third-order valence-corrected chi connectivity index (χ3v) is 3.79. The molecule has 1 N–H and O–H groups in total. The van der Waals surface area contributed by atoms with Gasteiger partial charge in [-0.2, -0.15) is 4.98 Å². The van der Waals surface area contributed by atoms with Crippen molar-refractivity contribution in [2.75, 3.05) is 36.5 Å². The van der Waals surface area contributed by atoms with Crippen LogP contribution in [0.25, 0.3) is 0 Å². The Morgan fingerprint density at radius 2 is 2.05 bits per heavy atom. The fourth-order valence-electron chi connectivity index (χ4n) is 2.77. The topological polar surface area (TPSA) is 50.3 Å². The average molecular weight is 262 g/mol. The maximum absolute atomic E-state index is 5.53. The van der Waals surface area contributed by atoms with E-state index in [1.165, 1.54) is 19.3 Å². The molecule has 0 saturated carbocycles. The summed E-state index contributed by atoms with van der Waals surface area (Å²) < 4.78 is 5.53. The highest BCUT2D eigenvalue weighted by Crippen LogP contribution is 2.26. The summed E-state index contributed by atoms with van der Waals surface area (Å²) in [6.07, 6.45) is 4.73. The first-order chi connectivity index (χ1) is 9.38. The molecule has 0 unspecified atom stereocenters. The van der Waals surface area contributed by atoms with E-state index in [0.29, 0.717) is 6.61 Å². The molecule has 1 aromatic heterocycles. The number of rotatable bonds is 3. The van der Waals surface area contributed by atoms with Gasteiger partial charge in [0.25, 0.3) is 0 Å². The molecule has 0 bridgehead atoms. The van der Waals surface area contributed by atoms with E-state index in [-0.39, 0.29) is 0 Å². The van der Waals surface area contributed by atoms with Crippen molar-refractivity contribution in [1.82, 2.24) is 9.97 Å². The number of nitrogens with zero attached hydrogens (tertiary/aromatic N) is 3. The van der Waals surface area contributed by atoms with Crippen LogP contribution in [0.15, 0.2) is 0 Å². The molecule has 19 heavy (non-hydrogen) atoms. The average Bonchev–Trinajstić information content (AvgIpc) is 2.48. The SMILES string of the molecule is CCNc1nc(N2CCCCC2)nc2c1COCC2. The predicted molar refractivity (Wildman–Crippen MR) is 75.6 cm³/mol. The minimum absolute atomic E-state index is 0.637. The Balaban J connectivity index is 1.93. The summed E-state index contributed by atoms with van der Waals surface area (Å²) in [6.45, 7) is 6.55. The molecule has 0 aromatic carbocycles. The van der Waals surface area contributed by atoms with E-state index < -0.39 is 0 Å². The normalized spacial score (nSPS) is 19.1. The number of hydrogen-bond acceptors (Lipinski definition) is 5. The van der Waals surface area contributed by atoms with E-state index in [9.17, 15) is 0 Å². The highest BCUT2D eigenvalue weighted by Gasteiger charge is 2.21. The molecule has 104 valence electrons. The molecule has 1 saturated heterocycles. The molecule has 3 rings (SSSR count). The summed E-state index contributed by atoms with van der Waals surface area (Å²) in [7, 11) is 0. The van der Waals surface area contributed by atoms with Crippen molar-refractivity contribution < 1.29 is 4.74 Å². The number of aromatic nitrogens is 2. The molecule has 2 aliphatic rings. The molecular weight excluding hydrogens is 240 g/mol. The van der Waals surface area contributed by atoms with Gasteiger partial charge in [-0.25, -0.2) is 4.98 Å². The first kappa shape index (κ1) is 12.7. The lowest BCUT2D eigenvalue weighted by Gasteiger charge is -2.29. The van der Waals surface area contributed by atoms with Crippen LogP contribution >= 0.6 is 0 Å². The zero-order chi connectivity index (χ0) is 13.1. The molecule has 1 fully saturated rings. The van der Waals surface area contributed by atoms with E-state index in [4.69, 9.17) is 14.7 Å². The molecule has 0 radical (unpaired) electrons. The molecule has 5 nitrogen and oxygen atoms in total. The van der Waals surface area contributed by atoms with E-state index >= 15 is 0 Å². The Kier molecular flexibility index (Phi) is 3.82. The maximum Gasteiger partial charge on any atom is 0.227 e. The minimum Gasteiger partial charge on any atom is -0.376 e. The summed E-state index contributed by atoms with van der Waals surface area (Å²) in [5, 5.41) is 3.36. The van der Waals surface area contributed by atoms with Crippen LogP contribution in [-0.2, 0) is 17.8 Å². The fourth-order valence-corrected chi connectivity index (χ4v) is 2.77. The number of fused-ring (bicyclic) bond motifs is 1. The molecule has 3 heterocycles. The van der Waals surface area contributed by atoms with E-state index in [1.807, 2.05) is 0 Å². The first-order valence-corrected chi connectivity index (χ1v) is 7.35. The van der Waals surface area contributed by atoms with Crippen LogP contribution < -0.4 is 10.2 Å². The maximum atomic E-state index is 5.53. The second kappa shape index (κ2) is 5.74. The third kappa shape index (κ3) is 2.66. The van der Waals surface area contributed by atoms with Crippen molar-refractivity contribution in [3.63, 3.8) is 0 Å². The predicted octanol–water partition coefficient (Wildman–Crippen LogP) is 1.97. The number of anilines is 2. The van der Waals surface area contributed by atoms with Crippen molar-refractivity contribution in [2.24, 2.45) is 0 Å². The second-order valence-electron chi connectivity index (χ2n) is 5.18. The van der Waals surface area contributed by atoms with Crippen molar-refractivity contribution in [1.29, 1.82) is 0 Å². The third-order valence-electron chi connectivity index (χ3n) is 3.79. The number of piperidine rings is 1. The Labute approximate surface area is 114 Å².